The van der Waals surface area contributed by atoms with Crippen LogP contribution in [0.4, 0.5) is 0 Å². The van der Waals surface area contributed by atoms with Crippen LogP contribution in [0.1, 0.15) is 30.1 Å². The number of carbonyl (C=O) groups excluding carboxylic acids is 1. The third-order valence-electron chi connectivity index (χ3n) is 3.23. The molecule has 4 heteroatoms. The number of carbonyl (C=O) groups is 1. The molecule has 0 saturated carbocycles. The van der Waals surface area contributed by atoms with Crippen molar-refractivity contribution in [1.82, 2.24) is 10.6 Å². The van der Waals surface area contributed by atoms with Gasteiger partial charge in [-0.3, -0.25) is 4.79 Å². The standard InChI is InChI=1S/C13H17IN2O/c1-13(6-8-15-9-7-13)16-12(17)10-2-4-11(14)5-3-10/h2-5,15H,6-9H2,1H3,(H,16,17). The predicted molar refractivity (Wildman–Crippen MR) is 77.1 cm³/mol. The van der Waals surface area contributed by atoms with Gasteiger partial charge in [0.2, 0.25) is 0 Å². The normalized spacial score (nSPS) is 18.7. The second-order valence-corrected chi connectivity index (χ2v) is 6.02. The summed E-state index contributed by atoms with van der Waals surface area (Å²) < 4.78 is 1.15. The summed E-state index contributed by atoms with van der Waals surface area (Å²) in [7, 11) is 0. The fourth-order valence-electron chi connectivity index (χ4n) is 2.05. The highest BCUT2D eigenvalue weighted by atomic mass is 127. The molecule has 1 saturated heterocycles. The molecule has 92 valence electrons. The summed E-state index contributed by atoms with van der Waals surface area (Å²) in [5, 5.41) is 6.46. The van der Waals surface area contributed by atoms with Crippen molar-refractivity contribution in [2.24, 2.45) is 0 Å². The van der Waals surface area contributed by atoms with Gasteiger partial charge >= 0.3 is 0 Å². The molecule has 2 N–H and O–H groups in total. The second kappa shape index (κ2) is 5.35. The average molecular weight is 344 g/mol. The van der Waals surface area contributed by atoms with Gasteiger partial charge in [0.1, 0.15) is 0 Å². The van der Waals surface area contributed by atoms with E-state index in [9.17, 15) is 4.79 Å². The lowest BCUT2D eigenvalue weighted by molar-refractivity contribution is 0.0887. The maximum atomic E-state index is 12.1. The van der Waals surface area contributed by atoms with Gasteiger partial charge in [-0.1, -0.05) is 0 Å². The highest BCUT2D eigenvalue weighted by Gasteiger charge is 2.28. The van der Waals surface area contributed by atoms with E-state index in [4.69, 9.17) is 0 Å². The fourth-order valence-corrected chi connectivity index (χ4v) is 2.41. The van der Waals surface area contributed by atoms with Gasteiger partial charge < -0.3 is 10.6 Å². The molecule has 0 unspecified atom stereocenters. The summed E-state index contributed by atoms with van der Waals surface area (Å²) in [5.74, 6) is 0.0331. The summed E-state index contributed by atoms with van der Waals surface area (Å²) in [6.45, 7) is 4.07. The molecule has 17 heavy (non-hydrogen) atoms. The van der Waals surface area contributed by atoms with E-state index in [1.165, 1.54) is 0 Å². The molecule has 1 aromatic carbocycles. The van der Waals surface area contributed by atoms with Crippen LogP contribution in [-0.4, -0.2) is 24.5 Å². The third kappa shape index (κ3) is 3.42. The van der Waals surface area contributed by atoms with Crippen molar-refractivity contribution in [3.05, 3.63) is 33.4 Å². The van der Waals surface area contributed by atoms with Crippen LogP contribution in [0.25, 0.3) is 0 Å². The van der Waals surface area contributed by atoms with Gasteiger partial charge in [0.25, 0.3) is 5.91 Å². The summed E-state index contributed by atoms with van der Waals surface area (Å²) in [6.07, 6.45) is 1.98. The Kier molecular flexibility index (Phi) is 4.04. The van der Waals surface area contributed by atoms with Gasteiger partial charge in [-0.2, -0.15) is 0 Å². The monoisotopic (exact) mass is 344 g/mol. The molecule has 0 aliphatic carbocycles. The Balaban J connectivity index is 2.03. The number of piperidine rings is 1. The van der Waals surface area contributed by atoms with E-state index in [2.05, 4.69) is 40.1 Å². The molecule has 0 spiro atoms. The van der Waals surface area contributed by atoms with Gasteiger partial charge in [-0.05, 0) is 79.7 Å². The molecule has 1 aliphatic heterocycles. The lowest BCUT2D eigenvalue weighted by Crippen LogP contribution is -2.52. The molecule has 1 aliphatic rings. The molecule has 3 nitrogen and oxygen atoms in total. The van der Waals surface area contributed by atoms with E-state index in [0.717, 1.165) is 35.1 Å². The Morgan fingerprint density at radius 3 is 2.47 bits per heavy atom. The molecular weight excluding hydrogens is 327 g/mol. The lowest BCUT2D eigenvalue weighted by atomic mass is 9.90. The van der Waals surface area contributed by atoms with E-state index in [1.807, 2.05) is 24.3 Å². The topological polar surface area (TPSA) is 41.1 Å². The van der Waals surface area contributed by atoms with E-state index < -0.39 is 0 Å². The zero-order chi connectivity index (χ0) is 12.3. The zero-order valence-corrected chi connectivity index (χ0v) is 12.1. The first kappa shape index (κ1) is 12.8. The van der Waals surface area contributed by atoms with Crippen molar-refractivity contribution in [3.8, 4) is 0 Å². The van der Waals surface area contributed by atoms with Crippen molar-refractivity contribution >= 4 is 28.5 Å². The van der Waals surface area contributed by atoms with Crippen molar-refractivity contribution in [2.45, 2.75) is 25.3 Å². The Labute approximate surface area is 116 Å². The maximum absolute atomic E-state index is 12.1. The summed E-state index contributed by atoms with van der Waals surface area (Å²) in [4.78, 5) is 12.1. The van der Waals surface area contributed by atoms with Gasteiger partial charge in [0.15, 0.2) is 0 Å². The number of amides is 1. The van der Waals surface area contributed by atoms with Crippen LogP contribution in [0, 0.1) is 3.57 Å². The summed E-state index contributed by atoms with van der Waals surface area (Å²) in [5.41, 5.74) is 0.677. The van der Waals surface area contributed by atoms with Crippen molar-refractivity contribution in [1.29, 1.82) is 0 Å². The Morgan fingerprint density at radius 2 is 1.88 bits per heavy atom. The van der Waals surface area contributed by atoms with Crippen molar-refractivity contribution < 1.29 is 4.79 Å². The smallest absolute Gasteiger partial charge is 0.251 e. The van der Waals surface area contributed by atoms with Gasteiger partial charge in [0, 0.05) is 14.7 Å². The van der Waals surface area contributed by atoms with Crippen LogP contribution in [0.3, 0.4) is 0 Å². The highest BCUT2D eigenvalue weighted by molar-refractivity contribution is 14.1. The van der Waals surface area contributed by atoms with Crippen LogP contribution in [-0.2, 0) is 0 Å². The van der Waals surface area contributed by atoms with Crippen molar-refractivity contribution in [3.63, 3.8) is 0 Å². The lowest BCUT2D eigenvalue weighted by Gasteiger charge is -2.35. The average Bonchev–Trinajstić information content (AvgIpc) is 2.30. The van der Waals surface area contributed by atoms with Crippen LogP contribution >= 0.6 is 22.6 Å². The molecule has 0 bridgehead atoms. The minimum Gasteiger partial charge on any atom is -0.347 e. The van der Waals surface area contributed by atoms with Gasteiger partial charge in [-0.15, -0.1) is 0 Å². The molecule has 1 heterocycles. The molecular formula is C13H17IN2O. The fraction of sp³-hybridized carbons (Fsp3) is 0.462. The SMILES string of the molecule is CC1(NC(=O)c2ccc(I)cc2)CCNCC1. The first-order valence-electron chi connectivity index (χ1n) is 5.88. The van der Waals surface area contributed by atoms with Crippen LogP contribution in [0.2, 0.25) is 0 Å². The molecule has 2 rings (SSSR count). The largest absolute Gasteiger partial charge is 0.347 e. The second-order valence-electron chi connectivity index (χ2n) is 4.77. The molecule has 0 radical (unpaired) electrons. The number of benzene rings is 1. The first-order valence-corrected chi connectivity index (χ1v) is 6.96. The minimum atomic E-state index is -0.0642. The number of hydrogen-bond donors (Lipinski definition) is 2. The van der Waals surface area contributed by atoms with E-state index in [-0.39, 0.29) is 11.4 Å². The molecule has 0 aromatic heterocycles. The van der Waals surface area contributed by atoms with E-state index >= 15 is 0 Å². The molecule has 0 atom stereocenters. The number of hydrogen-bond acceptors (Lipinski definition) is 2. The zero-order valence-electron chi connectivity index (χ0n) is 9.92. The highest BCUT2D eigenvalue weighted by Crippen LogP contribution is 2.18. The number of halogens is 1. The third-order valence-corrected chi connectivity index (χ3v) is 3.95. The molecule has 1 amide bonds. The molecule has 1 fully saturated rings. The van der Waals surface area contributed by atoms with Crippen LogP contribution in [0.5, 0.6) is 0 Å². The minimum absolute atomic E-state index is 0.0331. The van der Waals surface area contributed by atoms with E-state index in [1.54, 1.807) is 0 Å². The number of nitrogens with one attached hydrogen (secondary N) is 2. The van der Waals surface area contributed by atoms with E-state index in [0.29, 0.717) is 0 Å². The number of rotatable bonds is 2. The van der Waals surface area contributed by atoms with Crippen LogP contribution in [0.15, 0.2) is 24.3 Å². The van der Waals surface area contributed by atoms with Gasteiger partial charge in [0.05, 0.1) is 0 Å². The van der Waals surface area contributed by atoms with Crippen LogP contribution < -0.4 is 10.6 Å². The Hall–Kier alpha value is -0.620. The Bertz CT molecular complexity index is 396. The van der Waals surface area contributed by atoms with Gasteiger partial charge in [-0.25, -0.2) is 0 Å². The Morgan fingerprint density at radius 1 is 1.29 bits per heavy atom. The van der Waals surface area contributed by atoms with Crippen molar-refractivity contribution in [2.75, 3.05) is 13.1 Å². The maximum Gasteiger partial charge on any atom is 0.251 e. The molecule has 1 aromatic rings. The summed E-state index contributed by atoms with van der Waals surface area (Å²) in [6, 6.07) is 7.67. The summed E-state index contributed by atoms with van der Waals surface area (Å²) >= 11 is 2.24. The first-order chi connectivity index (χ1) is 8.09. The quantitative estimate of drug-likeness (QED) is 0.808. The predicted octanol–water partition coefficient (Wildman–Crippen LogP) is 2.16.